The van der Waals surface area contributed by atoms with Crippen LogP contribution in [-0.2, 0) is 23.9 Å². The number of halogens is 3. The molecule has 0 radical (unpaired) electrons. The van der Waals surface area contributed by atoms with E-state index >= 15 is 0 Å². The second kappa shape index (κ2) is 8.69. The normalized spacial score (nSPS) is 22.5. The molecule has 30 heavy (non-hydrogen) atoms. The fourth-order valence-corrected chi connectivity index (χ4v) is 5.51. The van der Waals surface area contributed by atoms with E-state index in [-0.39, 0.29) is 17.9 Å². The minimum atomic E-state index is -4.34. The molecule has 4 rings (SSSR count). The summed E-state index contributed by atoms with van der Waals surface area (Å²) >= 11 is 1.52. The molecule has 1 aromatic carbocycles. The van der Waals surface area contributed by atoms with Gasteiger partial charge in [-0.1, -0.05) is 12.1 Å². The van der Waals surface area contributed by atoms with Crippen molar-refractivity contribution in [1.82, 2.24) is 10.2 Å². The molecule has 4 nitrogen and oxygen atoms in total. The van der Waals surface area contributed by atoms with E-state index in [4.69, 9.17) is 4.74 Å². The Bertz CT molecular complexity index is 871. The zero-order valence-corrected chi connectivity index (χ0v) is 17.6. The molecule has 0 spiro atoms. The highest BCUT2D eigenvalue weighted by Gasteiger charge is 2.33. The molecular weight excluding hydrogens is 413 g/mol. The molecular formula is C22H25F3N2O2S. The molecule has 3 heterocycles. The molecule has 2 atom stereocenters. The predicted molar refractivity (Wildman–Crippen MR) is 110 cm³/mol. The van der Waals surface area contributed by atoms with Gasteiger partial charge in [0.2, 0.25) is 0 Å². The molecule has 8 heteroatoms. The number of nitrogens with zero attached hydrogens (tertiary/aromatic N) is 1. The van der Waals surface area contributed by atoms with Crippen LogP contribution in [0.25, 0.3) is 0 Å². The molecule has 0 aliphatic carbocycles. The summed E-state index contributed by atoms with van der Waals surface area (Å²) in [6, 6.07) is 7.31. The first-order chi connectivity index (χ1) is 14.3. The molecule has 0 saturated carbocycles. The average molecular weight is 439 g/mol. The van der Waals surface area contributed by atoms with Gasteiger partial charge in [0.15, 0.2) is 0 Å². The fourth-order valence-electron chi connectivity index (χ4n) is 4.44. The van der Waals surface area contributed by atoms with E-state index in [2.05, 4.69) is 10.2 Å². The Morgan fingerprint density at radius 1 is 1.30 bits per heavy atom. The summed E-state index contributed by atoms with van der Waals surface area (Å²) in [4.78, 5) is 16.8. The average Bonchev–Trinajstić information content (AvgIpc) is 3.16. The molecule has 1 fully saturated rings. The third-order valence-electron chi connectivity index (χ3n) is 5.96. The number of nitrogens with one attached hydrogen (secondary N) is 1. The van der Waals surface area contributed by atoms with E-state index in [0.29, 0.717) is 24.6 Å². The Balaban J connectivity index is 1.45. The third kappa shape index (κ3) is 4.55. The van der Waals surface area contributed by atoms with Crippen LogP contribution in [-0.4, -0.2) is 37.6 Å². The number of fused-ring (bicyclic) bond motifs is 1. The van der Waals surface area contributed by atoms with Gasteiger partial charge in [-0.05, 0) is 61.7 Å². The molecule has 2 unspecified atom stereocenters. The number of alkyl halides is 3. The summed E-state index contributed by atoms with van der Waals surface area (Å²) < 4.78 is 44.2. The first-order valence-electron chi connectivity index (χ1n) is 10.2. The highest BCUT2D eigenvalue weighted by atomic mass is 32.1. The standard InChI is InChI=1S/C22H25F3N2O2S/c1-27-9-2-3-15(20(27)14-4-6-17(7-5-14)22(23,24)25)12-26-21(28)19-11-16-13-29-10-8-18(16)30-19/h4-7,11,15,20H,2-3,8-10,12-13H2,1H3,(H,26,28). The minimum absolute atomic E-state index is 0.0220. The number of rotatable bonds is 4. The van der Waals surface area contributed by atoms with Crippen LogP contribution in [0.3, 0.4) is 0 Å². The van der Waals surface area contributed by atoms with E-state index in [1.807, 2.05) is 13.1 Å². The highest BCUT2D eigenvalue weighted by Crippen LogP contribution is 2.37. The van der Waals surface area contributed by atoms with Gasteiger partial charge in [-0.15, -0.1) is 11.3 Å². The van der Waals surface area contributed by atoms with E-state index in [1.165, 1.54) is 16.2 Å². The minimum Gasteiger partial charge on any atom is -0.376 e. The van der Waals surface area contributed by atoms with Gasteiger partial charge in [-0.25, -0.2) is 0 Å². The molecule has 1 aromatic heterocycles. The van der Waals surface area contributed by atoms with E-state index in [0.717, 1.165) is 49.1 Å². The van der Waals surface area contributed by atoms with Crippen molar-refractivity contribution in [2.45, 2.75) is 38.1 Å². The molecule has 1 saturated heterocycles. The van der Waals surface area contributed by atoms with Crippen molar-refractivity contribution in [2.24, 2.45) is 5.92 Å². The predicted octanol–water partition coefficient (Wildman–Crippen LogP) is 4.65. The van der Waals surface area contributed by atoms with Gasteiger partial charge in [-0.3, -0.25) is 9.69 Å². The number of likely N-dealkylation sites (tertiary alicyclic amines) is 1. The van der Waals surface area contributed by atoms with Gasteiger partial charge < -0.3 is 10.1 Å². The van der Waals surface area contributed by atoms with Crippen LogP contribution in [0.5, 0.6) is 0 Å². The lowest BCUT2D eigenvalue weighted by atomic mass is 9.84. The van der Waals surface area contributed by atoms with Crippen molar-refractivity contribution in [1.29, 1.82) is 0 Å². The van der Waals surface area contributed by atoms with Crippen molar-refractivity contribution >= 4 is 17.2 Å². The van der Waals surface area contributed by atoms with Crippen LogP contribution in [0.1, 0.15) is 50.1 Å². The monoisotopic (exact) mass is 438 g/mol. The van der Waals surface area contributed by atoms with Crippen molar-refractivity contribution in [3.63, 3.8) is 0 Å². The van der Waals surface area contributed by atoms with Crippen LogP contribution < -0.4 is 5.32 Å². The summed E-state index contributed by atoms with van der Waals surface area (Å²) in [7, 11) is 1.99. The topological polar surface area (TPSA) is 41.6 Å². The van der Waals surface area contributed by atoms with Crippen molar-refractivity contribution in [2.75, 3.05) is 26.7 Å². The number of carbonyl (C=O) groups excluding carboxylic acids is 1. The zero-order valence-electron chi connectivity index (χ0n) is 16.8. The quantitative estimate of drug-likeness (QED) is 0.756. The van der Waals surface area contributed by atoms with E-state index in [1.54, 1.807) is 12.1 Å². The summed E-state index contributed by atoms with van der Waals surface area (Å²) in [5.74, 6) is 0.0520. The maximum Gasteiger partial charge on any atom is 0.416 e. The molecule has 0 bridgehead atoms. The van der Waals surface area contributed by atoms with Crippen LogP contribution in [0.15, 0.2) is 30.3 Å². The maximum absolute atomic E-state index is 12.9. The second-order valence-electron chi connectivity index (χ2n) is 8.02. The van der Waals surface area contributed by atoms with Crippen LogP contribution in [0.2, 0.25) is 0 Å². The summed E-state index contributed by atoms with van der Waals surface area (Å²) in [5, 5.41) is 3.06. The van der Waals surface area contributed by atoms with Crippen LogP contribution >= 0.6 is 11.3 Å². The number of carbonyl (C=O) groups is 1. The third-order valence-corrected chi connectivity index (χ3v) is 7.20. The molecule has 2 aliphatic heterocycles. The van der Waals surface area contributed by atoms with Crippen molar-refractivity contribution in [3.05, 3.63) is 56.8 Å². The summed E-state index contributed by atoms with van der Waals surface area (Å²) in [5.41, 5.74) is 1.31. The van der Waals surface area contributed by atoms with Gasteiger partial charge in [0.1, 0.15) is 0 Å². The van der Waals surface area contributed by atoms with Gasteiger partial charge in [-0.2, -0.15) is 13.2 Å². The Labute approximate surface area is 178 Å². The molecule has 162 valence electrons. The number of hydrogen-bond acceptors (Lipinski definition) is 4. The lowest BCUT2D eigenvalue weighted by Crippen LogP contribution is -2.41. The van der Waals surface area contributed by atoms with Crippen molar-refractivity contribution in [3.8, 4) is 0 Å². The summed E-state index contributed by atoms with van der Waals surface area (Å²) in [6.07, 6.45) is -1.57. The Hall–Kier alpha value is -1.90. The number of ether oxygens (including phenoxy) is 1. The van der Waals surface area contributed by atoms with Gasteiger partial charge in [0, 0.05) is 23.9 Å². The Morgan fingerprint density at radius 3 is 2.77 bits per heavy atom. The molecule has 2 aliphatic rings. The number of piperidine rings is 1. The van der Waals surface area contributed by atoms with E-state index < -0.39 is 11.7 Å². The van der Waals surface area contributed by atoms with Crippen molar-refractivity contribution < 1.29 is 22.7 Å². The highest BCUT2D eigenvalue weighted by molar-refractivity contribution is 7.14. The Morgan fingerprint density at radius 2 is 2.07 bits per heavy atom. The fraction of sp³-hybridized carbons (Fsp3) is 0.500. The largest absolute Gasteiger partial charge is 0.416 e. The maximum atomic E-state index is 12.9. The smallest absolute Gasteiger partial charge is 0.376 e. The molecule has 2 aromatic rings. The zero-order chi connectivity index (χ0) is 21.3. The van der Waals surface area contributed by atoms with Crippen LogP contribution in [0.4, 0.5) is 13.2 Å². The number of hydrogen-bond donors (Lipinski definition) is 1. The van der Waals surface area contributed by atoms with Gasteiger partial charge in [0.25, 0.3) is 5.91 Å². The number of amides is 1. The number of benzene rings is 1. The lowest BCUT2D eigenvalue weighted by molar-refractivity contribution is -0.137. The Kier molecular flexibility index (Phi) is 6.18. The SMILES string of the molecule is CN1CCCC(CNC(=O)c2cc3c(s2)CCOC3)C1c1ccc(C(F)(F)F)cc1. The van der Waals surface area contributed by atoms with Gasteiger partial charge >= 0.3 is 6.18 Å². The second-order valence-corrected chi connectivity index (χ2v) is 9.16. The lowest BCUT2D eigenvalue weighted by Gasteiger charge is -2.39. The summed E-state index contributed by atoms with van der Waals surface area (Å²) in [6.45, 7) is 2.63. The van der Waals surface area contributed by atoms with Crippen LogP contribution in [0, 0.1) is 5.92 Å². The first kappa shape index (κ1) is 21.3. The molecule has 1 amide bonds. The van der Waals surface area contributed by atoms with E-state index in [9.17, 15) is 18.0 Å². The molecule has 1 N–H and O–H groups in total. The van der Waals surface area contributed by atoms with Gasteiger partial charge in [0.05, 0.1) is 23.7 Å². The number of thiophene rings is 1. The first-order valence-corrected chi connectivity index (χ1v) is 11.0.